The van der Waals surface area contributed by atoms with E-state index in [1.54, 1.807) is 23.5 Å². The van der Waals surface area contributed by atoms with Gasteiger partial charge in [-0.3, -0.25) is 19.6 Å². The SMILES string of the molecule is CC(=O)NCC(=O)N1C[C@@H](COc2cccnc2)[C@H](c2ccccn2)C1. The number of hydrogen-bond acceptors (Lipinski definition) is 5. The van der Waals surface area contributed by atoms with Crippen molar-refractivity contribution in [2.75, 3.05) is 26.2 Å². The zero-order valence-electron chi connectivity index (χ0n) is 14.7. The lowest BCUT2D eigenvalue weighted by atomic mass is 9.93. The zero-order chi connectivity index (χ0) is 18.4. The van der Waals surface area contributed by atoms with Crippen LogP contribution in [0.4, 0.5) is 0 Å². The molecule has 1 N–H and O–H groups in total. The van der Waals surface area contributed by atoms with Crippen molar-refractivity contribution in [2.45, 2.75) is 12.8 Å². The van der Waals surface area contributed by atoms with E-state index in [0.29, 0.717) is 25.4 Å². The molecule has 0 unspecified atom stereocenters. The van der Waals surface area contributed by atoms with Crippen LogP contribution < -0.4 is 10.1 Å². The number of hydrogen-bond donors (Lipinski definition) is 1. The molecule has 3 heterocycles. The molecule has 136 valence electrons. The minimum absolute atomic E-state index is 0.0143. The van der Waals surface area contributed by atoms with E-state index < -0.39 is 0 Å². The normalized spacial score (nSPS) is 19.2. The molecule has 1 aliphatic heterocycles. The summed E-state index contributed by atoms with van der Waals surface area (Å²) in [7, 11) is 0. The highest BCUT2D eigenvalue weighted by molar-refractivity contribution is 5.84. The van der Waals surface area contributed by atoms with E-state index in [9.17, 15) is 9.59 Å². The largest absolute Gasteiger partial charge is 0.492 e. The van der Waals surface area contributed by atoms with E-state index in [2.05, 4.69) is 15.3 Å². The van der Waals surface area contributed by atoms with Crippen LogP contribution in [0.25, 0.3) is 0 Å². The highest BCUT2D eigenvalue weighted by Gasteiger charge is 2.37. The molecule has 0 spiro atoms. The first-order chi connectivity index (χ1) is 12.6. The van der Waals surface area contributed by atoms with Gasteiger partial charge in [0.1, 0.15) is 5.75 Å². The van der Waals surface area contributed by atoms with Crippen molar-refractivity contribution in [1.82, 2.24) is 20.2 Å². The summed E-state index contributed by atoms with van der Waals surface area (Å²) in [6, 6.07) is 9.48. The van der Waals surface area contributed by atoms with Crippen molar-refractivity contribution >= 4 is 11.8 Å². The van der Waals surface area contributed by atoms with Gasteiger partial charge in [-0.15, -0.1) is 0 Å². The van der Waals surface area contributed by atoms with E-state index in [1.165, 1.54) is 6.92 Å². The molecular weight excluding hydrogens is 332 g/mol. The predicted octanol–water partition coefficient (Wildman–Crippen LogP) is 1.23. The van der Waals surface area contributed by atoms with Crippen LogP contribution in [0.1, 0.15) is 18.5 Å². The van der Waals surface area contributed by atoms with Gasteiger partial charge in [0, 0.05) is 49.9 Å². The van der Waals surface area contributed by atoms with Gasteiger partial charge >= 0.3 is 0 Å². The Kier molecular flexibility index (Phi) is 5.78. The molecule has 0 saturated carbocycles. The number of carbonyl (C=O) groups excluding carboxylic acids is 2. The molecule has 2 aromatic rings. The first-order valence-electron chi connectivity index (χ1n) is 8.59. The summed E-state index contributed by atoms with van der Waals surface area (Å²) in [5.74, 6) is 0.608. The van der Waals surface area contributed by atoms with Crippen LogP contribution in [-0.4, -0.2) is 52.9 Å². The number of pyridine rings is 2. The molecule has 0 aliphatic carbocycles. The average Bonchev–Trinajstić information content (AvgIpc) is 3.10. The maximum Gasteiger partial charge on any atom is 0.241 e. The third-order valence-electron chi connectivity index (χ3n) is 4.45. The molecule has 1 aliphatic rings. The lowest BCUT2D eigenvalue weighted by Gasteiger charge is -2.18. The van der Waals surface area contributed by atoms with Crippen molar-refractivity contribution in [1.29, 1.82) is 0 Å². The lowest BCUT2D eigenvalue weighted by molar-refractivity contribution is -0.131. The van der Waals surface area contributed by atoms with Gasteiger partial charge in [0.15, 0.2) is 0 Å². The molecule has 0 bridgehead atoms. The van der Waals surface area contributed by atoms with Crippen LogP contribution in [0.3, 0.4) is 0 Å². The summed E-state index contributed by atoms with van der Waals surface area (Å²) in [6.07, 6.45) is 5.13. The third kappa shape index (κ3) is 4.56. The van der Waals surface area contributed by atoms with Crippen molar-refractivity contribution in [2.24, 2.45) is 5.92 Å². The van der Waals surface area contributed by atoms with Gasteiger partial charge < -0.3 is 15.0 Å². The highest BCUT2D eigenvalue weighted by Crippen LogP contribution is 2.32. The van der Waals surface area contributed by atoms with E-state index in [0.717, 1.165) is 5.69 Å². The van der Waals surface area contributed by atoms with Gasteiger partial charge in [0.2, 0.25) is 11.8 Å². The fourth-order valence-corrected chi connectivity index (χ4v) is 3.12. The summed E-state index contributed by atoms with van der Waals surface area (Å²) in [6.45, 7) is 3.02. The van der Waals surface area contributed by atoms with Gasteiger partial charge in [-0.05, 0) is 24.3 Å². The summed E-state index contributed by atoms with van der Waals surface area (Å²) < 4.78 is 5.87. The molecule has 1 fully saturated rings. The van der Waals surface area contributed by atoms with Crippen molar-refractivity contribution in [3.8, 4) is 5.75 Å². The third-order valence-corrected chi connectivity index (χ3v) is 4.45. The Morgan fingerprint density at radius 3 is 2.81 bits per heavy atom. The summed E-state index contributed by atoms with van der Waals surface area (Å²) in [4.78, 5) is 33.7. The molecule has 2 amide bonds. The maximum atomic E-state index is 12.4. The van der Waals surface area contributed by atoms with E-state index in [1.807, 2.05) is 30.3 Å². The molecule has 1 saturated heterocycles. The Labute approximate surface area is 152 Å². The Morgan fingerprint density at radius 2 is 2.12 bits per heavy atom. The second-order valence-electron chi connectivity index (χ2n) is 6.33. The number of ether oxygens (including phenoxy) is 1. The number of carbonyl (C=O) groups is 2. The number of rotatable bonds is 6. The fourth-order valence-electron chi connectivity index (χ4n) is 3.12. The zero-order valence-corrected chi connectivity index (χ0v) is 14.7. The van der Waals surface area contributed by atoms with Crippen LogP contribution in [0, 0.1) is 5.92 Å². The average molecular weight is 354 g/mol. The van der Waals surface area contributed by atoms with Crippen LogP contribution >= 0.6 is 0 Å². The quantitative estimate of drug-likeness (QED) is 0.844. The van der Waals surface area contributed by atoms with E-state index >= 15 is 0 Å². The number of aromatic nitrogens is 2. The van der Waals surface area contributed by atoms with Crippen molar-refractivity contribution < 1.29 is 14.3 Å². The van der Waals surface area contributed by atoms with Gasteiger partial charge in [-0.25, -0.2) is 0 Å². The van der Waals surface area contributed by atoms with Crippen LogP contribution in [0.2, 0.25) is 0 Å². The first kappa shape index (κ1) is 17.8. The van der Waals surface area contributed by atoms with Gasteiger partial charge in [-0.1, -0.05) is 6.07 Å². The standard InChI is InChI=1S/C19H22N4O3/c1-14(24)22-10-19(25)23-11-15(13-26-16-5-4-7-20-9-16)17(12-23)18-6-2-3-8-21-18/h2-9,15,17H,10-13H2,1H3,(H,22,24)/t15-,17+/m0/s1. The van der Waals surface area contributed by atoms with Gasteiger partial charge in [-0.2, -0.15) is 0 Å². The summed E-state index contributed by atoms with van der Waals surface area (Å²) in [5.41, 5.74) is 0.946. The Balaban J connectivity index is 1.69. The molecule has 7 nitrogen and oxygen atoms in total. The van der Waals surface area contributed by atoms with Crippen LogP contribution in [0.5, 0.6) is 5.75 Å². The van der Waals surface area contributed by atoms with E-state index in [-0.39, 0.29) is 30.2 Å². The van der Waals surface area contributed by atoms with Crippen molar-refractivity contribution in [3.63, 3.8) is 0 Å². The summed E-state index contributed by atoms with van der Waals surface area (Å²) in [5, 5.41) is 2.56. The molecule has 2 atom stereocenters. The second kappa shape index (κ2) is 8.42. The molecule has 3 rings (SSSR count). The maximum absolute atomic E-state index is 12.4. The lowest BCUT2D eigenvalue weighted by Crippen LogP contribution is -2.38. The monoisotopic (exact) mass is 354 g/mol. The first-order valence-corrected chi connectivity index (χ1v) is 8.59. The Morgan fingerprint density at radius 1 is 1.23 bits per heavy atom. The number of amides is 2. The van der Waals surface area contributed by atoms with Crippen LogP contribution in [-0.2, 0) is 9.59 Å². The van der Waals surface area contributed by atoms with Gasteiger partial charge in [0.25, 0.3) is 0 Å². The smallest absolute Gasteiger partial charge is 0.241 e. The molecule has 7 heteroatoms. The highest BCUT2D eigenvalue weighted by atomic mass is 16.5. The van der Waals surface area contributed by atoms with Crippen molar-refractivity contribution in [3.05, 3.63) is 54.6 Å². The summed E-state index contributed by atoms with van der Waals surface area (Å²) >= 11 is 0. The number of nitrogens with zero attached hydrogens (tertiary/aromatic N) is 3. The van der Waals surface area contributed by atoms with Gasteiger partial charge in [0.05, 0.1) is 19.3 Å². The number of likely N-dealkylation sites (tertiary alicyclic amines) is 1. The topological polar surface area (TPSA) is 84.4 Å². The number of nitrogens with one attached hydrogen (secondary N) is 1. The Hall–Kier alpha value is -2.96. The molecule has 2 aromatic heterocycles. The minimum Gasteiger partial charge on any atom is -0.492 e. The fraction of sp³-hybridized carbons (Fsp3) is 0.368. The predicted molar refractivity (Wildman–Crippen MR) is 95.5 cm³/mol. The molecule has 26 heavy (non-hydrogen) atoms. The Bertz CT molecular complexity index is 739. The molecular formula is C19H22N4O3. The molecule has 0 aromatic carbocycles. The van der Waals surface area contributed by atoms with E-state index in [4.69, 9.17) is 4.74 Å². The second-order valence-corrected chi connectivity index (χ2v) is 6.33. The molecule has 0 radical (unpaired) electrons. The minimum atomic E-state index is -0.213. The van der Waals surface area contributed by atoms with Crippen LogP contribution in [0.15, 0.2) is 48.9 Å².